The molecule has 116 valence electrons. The fraction of sp³-hybridized carbons (Fsp3) is 0.647. The Bertz CT molecular complexity index is 491. The van der Waals surface area contributed by atoms with E-state index in [-0.39, 0.29) is 6.04 Å². The minimum atomic E-state index is -0.407. The Balaban J connectivity index is 1.77. The number of morpholine rings is 1. The summed E-state index contributed by atoms with van der Waals surface area (Å²) in [6.07, 6.45) is 2.94. The lowest BCUT2D eigenvalue weighted by atomic mass is 9.84. The Morgan fingerprint density at radius 1 is 1.43 bits per heavy atom. The van der Waals surface area contributed by atoms with Gasteiger partial charge in [-0.2, -0.15) is 0 Å². The van der Waals surface area contributed by atoms with Crippen molar-refractivity contribution in [3.05, 3.63) is 29.3 Å². The highest BCUT2D eigenvalue weighted by molar-refractivity contribution is 5.39. The molecule has 3 rings (SSSR count). The summed E-state index contributed by atoms with van der Waals surface area (Å²) in [5, 5.41) is 10.8. The number of aryl methyl sites for hydroxylation is 1. The summed E-state index contributed by atoms with van der Waals surface area (Å²) in [7, 11) is 1.68. The van der Waals surface area contributed by atoms with Crippen LogP contribution >= 0.6 is 0 Å². The zero-order chi connectivity index (χ0) is 14.8. The first-order chi connectivity index (χ1) is 10.2. The van der Waals surface area contributed by atoms with E-state index in [4.69, 9.17) is 9.47 Å². The second-order valence-electron chi connectivity index (χ2n) is 6.01. The highest BCUT2D eigenvalue weighted by atomic mass is 16.5. The third kappa shape index (κ3) is 2.93. The summed E-state index contributed by atoms with van der Waals surface area (Å²) >= 11 is 0. The molecule has 1 N–H and O–H groups in total. The van der Waals surface area contributed by atoms with Crippen LogP contribution in [0.4, 0.5) is 0 Å². The van der Waals surface area contributed by atoms with Crippen LogP contribution in [-0.2, 0) is 11.2 Å². The van der Waals surface area contributed by atoms with Crippen LogP contribution in [0, 0.1) is 0 Å². The number of benzene rings is 1. The van der Waals surface area contributed by atoms with Gasteiger partial charge in [-0.05, 0) is 42.5 Å². The van der Waals surface area contributed by atoms with Gasteiger partial charge in [0.05, 0.1) is 25.9 Å². The molecule has 1 fully saturated rings. The molecule has 0 bridgehead atoms. The van der Waals surface area contributed by atoms with Crippen molar-refractivity contribution in [2.75, 3.05) is 26.8 Å². The molecule has 21 heavy (non-hydrogen) atoms. The quantitative estimate of drug-likeness (QED) is 0.926. The topological polar surface area (TPSA) is 41.9 Å². The van der Waals surface area contributed by atoms with E-state index in [1.807, 2.05) is 12.1 Å². The number of fused-ring (bicyclic) bond motifs is 1. The van der Waals surface area contributed by atoms with Gasteiger partial charge in [0, 0.05) is 19.1 Å². The Morgan fingerprint density at radius 2 is 2.29 bits per heavy atom. The van der Waals surface area contributed by atoms with Crippen LogP contribution in [0.15, 0.2) is 18.2 Å². The molecule has 1 aromatic rings. The minimum absolute atomic E-state index is 0.212. The van der Waals surface area contributed by atoms with Gasteiger partial charge in [0.1, 0.15) is 5.75 Å². The van der Waals surface area contributed by atoms with Crippen molar-refractivity contribution >= 4 is 0 Å². The van der Waals surface area contributed by atoms with Gasteiger partial charge < -0.3 is 14.6 Å². The molecule has 0 amide bonds. The Kier molecular flexibility index (Phi) is 4.48. The zero-order valence-electron chi connectivity index (χ0n) is 12.9. The number of methoxy groups -OCH3 is 1. The molecular formula is C17H25NO3. The van der Waals surface area contributed by atoms with Crippen LogP contribution in [-0.4, -0.2) is 49.0 Å². The SMILES string of the molecule is CCC1CN(C2CCc3cc(OC)ccc3C2O)CCO1. The summed E-state index contributed by atoms with van der Waals surface area (Å²) < 4.78 is 11.0. The van der Waals surface area contributed by atoms with Gasteiger partial charge >= 0.3 is 0 Å². The standard InChI is InChI=1S/C17H25NO3/c1-3-13-11-18(8-9-21-13)16-7-4-12-10-14(20-2)5-6-15(12)17(16)19/h5-6,10,13,16-17,19H,3-4,7-9,11H2,1-2H3. The summed E-state index contributed by atoms with van der Waals surface area (Å²) in [4.78, 5) is 2.41. The summed E-state index contributed by atoms with van der Waals surface area (Å²) in [6.45, 7) is 4.79. The molecule has 2 aliphatic rings. The van der Waals surface area contributed by atoms with E-state index in [1.54, 1.807) is 7.11 Å². The molecule has 1 aliphatic carbocycles. The van der Waals surface area contributed by atoms with E-state index >= 15 is 0 Å². The van der Waals surface area contributed by atoms with Crippen LogP contribution in [0.25, 0.3) is 0 Å². The summed E-state index contributed by atoms with van der Waals surface area (Å²) in [5.41, 5.74) is 2.28. The van der Waals surface area contributed by atoms with Crippen molar-refractivity contribution in [3.63, 3.8) is 0 Å². The number of nitrogens with zero attached hydrogens (tertiary/aromatic N) is 1. The molecule has 0 spiro atoms. The van der Waals surface area contributed by atoms with Gasteiger partial charge in [0.25, 0.3) is 0 Å². The van der Waals surface area contributed by atoms with Gasteiger partial charge in [0.15, 0.2) is 0 Å². The van der Waals surface area contributed by atoms with E-state index in [0.29, 0.717) is 6.10 Å². The number of aliphatic hydroxyl groups is 1. The van der Waals surface area contributed by atoms with E-state index in [9.17, 15) is 5.11 Å². The lowest BCUT2D eigenvalue weighted by molar-refractivity contribution is -0.0699. The van der Waals surface area contributed by atoms with Crippen molar-refractivity contribution in [2.24, 2.45) is 0 Å². The average molecular weight is 291 g/mol. The van der Waals surface area contributed by atoms with Gasteiger partial charge in [-0.1, -0.05) is 13.0 Å². The molecule has 1 saturated heterocycles. The van der Waals surface area contributed by atoms with Crippen LogP contribution in [0.2, 0.25) is 0 Å². The molecule has 3 unspecified atom stereocenters. The van der Waals surface area contributed by atoms with Crippen molar-refractivity contribution in [1.82, 2.24) is 4.90 Å². The van der Waals surface area contributed by atoms with Crippen LogP contribution in [0.3, 0.4) is 0 Å². The van der Waals surface area contributed by atoms with Crippen LogP contribution < -0.4 is 4.74 Å². The van der Waals surface area contributed by atoms with Crippen LogP contribution in [0.1, 0.15) is 37.0 Å². The van der Waals surface area contributed by atoms with Crippen molar-refractivity contribution in [1.29, 1.82) is 0 Å². The molecule has 1 heterocycles. The first-order valence-corrected chi connectivity index (χ1v) is 7.93. The molecule has 0 saturated carbocycles. The molecular weight excluding hydrogens is 266 g/mol. The first-order valence-electron chi connectivity index (χ1n) is 7.93. The summed E-state index contributed by atoms with van der Waals surface area (Å²) in [6, 6.07) is 6.23. The molecule has 0 radical (unpaired) electrons. The van der Waals surface area contributed by atoms with E-state index in [1.165, 1.54) is 5.56 Å². The molecule has 3 atom stereocenters. The number of aliphatic hydroxyl groups excluding tert-OH is 1. The largest absolute Gasteiger partial charge is 0.497 e. The maximum atomic E-state index is 10.8. The van der Waals surface area contributed by atoms with Gasteiger partial charge in [-0.25, -0.2) is 0 Å². The molecule has 0 aromatic heterocycles. The van der Waals surface area contributed by atoms with Gasteiger partial charge in [0.2, 0.25) is 0 Å². The minimum Gasteiger partial charge on any atom is -0.497 e. The fourth-order valence-corrected chi connectivity index (χ4v) is 3.56. The van der Waals surface area contributed by atoms with Crippen molar-refractivity contribution < 1.29 is 14.6 Å². The average Bonchev–Trinajstić information content (AvgIpc) is 2.55. The normalized spacial score (nSPS) is 30.0. The third-order valence-corrected chi connectivity index (χ3v) is 4.84. The predicted molar refractivity (Wildman–Crippen MR) is 81.7 cm³/mol. The Morgan fingerprint density at radius 3 is 3.05 bits per heavy atom. The fourth-order valence-electron chi connectivity index (χ4n) is 3.56. The van der Waals surface area contributed by atoms with Crippen molar-refractivity contribution in [3.8, 4) is 5.75 Å². The molecule has 4 heteroatoms. The molecule has 1 aromatic carbocycles. The maximum Gasteiger partial charge on any atom is 0.119 e. The van der Waals surface area contributed by atoms with Gasteiger partial charge in [-0.3, -0.25) is 4.90 Å². The maximum absolute atomic E-state index is 10.8. The number of rotatable bonds is 3. The highest BCUT2D eigenvalue weighted by Gasteiger charge is 2.34. The van der Waals surface area contributed by atoms with Gasteiger partial charge in [-0.15, -0.1) is 0 Å². The summed E-state index contributed by atoms with van der Waals surface area (Å²) in [5.74, 6) is 0.872. The zero-order valence-corrected chi connectivity index (χ0v) is 12.9. The highest BCUT2D eigenvalue weighted by Crippen LogP contribution is 2.35. The van der Waals surface area contributed by atoms with E-state index < -0.39 is 6.10 Å². The second kappa shape index (κ2) is 6.34. The molecule has 1 aliphatic heterocycles. The monoisotopic (exact) mass is 291 g/mol. The van der Waals surface area contributed by atoms with Crippen LogP contribution in [0.5, 0.6) is 5.75 Å². The Labute approximate surface area is 126 Å². The number of ether oxygens (including phenoxy) is 2. The number of hydrogen-bond donors (Lipinski definition) is 1. The third-order valence-electron chi connectivity index (χ3n) is 4.84. The van der Waals surface area contributed by atoms with E-state index in [2.05, 4.69) is 17.9 Å². The smallest absolute Gasteiger partial charge is 0.119 e. The predicted octanol–water partition coefficient (Wildman–Crippen LogP) is 2.15. The lowest BCUT2D eigenvalue weighted by Gasteiger charge is -2.42. The van der Waals surface area contributed by atoms with E-state index in [0.717, 1.165) is 50.3 Å². The Hall–Kier alpha value is -1.10. The van der Waals surface area contributed by atoms with Crippen molar-refractivity contribution in [2.45, 2.75) is 44.4 Å². The lowest BCUT2D eigenvalue weighted by Crippen LogP contribution is -2.50. The number of hydrogen-bond acceptors (Lipinski definition) is 4. The molecule has 4 nitrogen and oxygen atoms in total. The second-order valence-corrected chi connectivity index (χ2v) is 6.01. The first kappa shape index (κ1) is 14.8.